The molecule has 5 nitrogen and oxygen atoms in total. The molecule has 0 radical (unpaired) electrons. The highest BCUT2D eigenvalue weighted by Crippen LogP contribution is 2.38. The van der Waals surface area contributed by atoms with Gasteiger partial charge in [0, 0.05) is 29.5 Å². The van der Waals surface area contributed by atoms with Gasteiger partial charge in [0.2, 0.25) is 11.7 Å². The van der Waals surface area contributed by atoms with Gasteiger partial charge in [-0.25, -0.2) is 0 Å². The van der Waals surface area contributed by atoms with E-state index < -0.39 is 0 Å². The number of rotatable bonds is 3. The molecule has 112 valence electrons. The van der Waals surface area contributed by atoms with Crippen LogP contribution in [0.2, 0.25) is 0 Å². The van der Waals surface area contributed by atoms with Gasteiger partial charge in [0.15, 0.2) is 0 Å². The number of ether oxygens (including phenoxy) is 1. The summed E-state index contributed by atoms with van der Waals surface area (Å²) in [6, 6.07) is 2.02. The summed E-state index contributed by atoms with van der Waals surface area (Å²) < 4.78 is 11.1. The Labute approximate surface area is 127 Å². The number of thiophene rings is 1. The van der Waals surface area contributed by atoms with Crippen molar-refractivity contribution in [3.05, 3.63) is 22.7 Å². The van der Waals surface area contributed by atoms with Crippen molar-refractivity contribution in [2.75, 3.05) is 26.3 Å². The van der Waals surface area contributed by atoms with Gasteiger partial charge in [0.05, 0.1) is 13.2 Å². The lowest BCUT2D eigenvalue weighted by Crippen LogP contribution is -2.34. The van der Waals surface area contributed by atoms with Crippen molar-refractivity contribution in [2.45, 2.75) is 25.8 Å². The third-order valence-electron chi connectivity index (χ3n) is 4.53. The Bertz CT molecular complexity index is 590. The van der Waals surface area contributed by atoms with E-state index in [4.69, 9.17) is 9.26 Å². The summed E-state index contributed by atoms with van der Waals surface area (Å²) in [6.45, 7) is 4.77. The molecule has 4 rings (SSSR count). The van der Waals surface area contributed by atoms with Crippen LogP contribution in [0.4, 0.5) is 0 Å². The Morgan fingerprint density at radius 2 is 2.38 bits per heavy atom. The van der Waals surface area contributed by atoms with E-state index in [1.807, 2.05) is 16.8 Å². The second kappa shape index (κ2) is 5.51. The molecule has 2 aliphatic rings. The van der Waals surface area contributed by atoms with E-state index in [9.17, 15) is 0 Å². The third-order valence-corrected chi connectivity index (χ3v) is 5.21. The van der Waals surface area contributed by atoms with Crippen LogP contribution in [0.15, 0.2) is 21.3 Å². The first-order valence-corrected chi connectivity index (χ1v) is 8.43. The number of hydrogen-bond donors (Lipinski definition) is 0. The first-order chi connectivity index (χ1) is 10.3. The zero-order chi connectivity index (χ0) is 14.1. The van der Waals surface area contributed by atoms with Gasteiger partial charge in [0.25, 0.3) is 0 Å². The molecule has 0 bridgehead atoms. The topological polar surface area (TPSA) is 51.4 Å². The maximum Gasteiger partial charge on any atom is 0.241 e. The van der Waals surface area contributed by atoms with Crippen molar-refractivity contribution >= 4 is 11.3 Å². The highest BCUT2D eigenvalue weighted by molar-refractivity contribution is 7.08. The van der Waals surface area contributed by atoms with Gasteiger partial charge >= 0.3 is 0 Å². The number of likely N-dealkylation sites (tertiary alicyclic amines) is 1. The minimum Gasteiger partial charge on any atom is -0.381 e. The SMILES string of the molecule is c1cc(-c2noc(CN3CCC4(CCCOC4)C3)n2)cs1. The zero-order valence-electron chi connectivity index (χ0n) is 12.0. The highest BCUT2D eigenvalue weighted by atomic mass is 32.1. The molecule has 21 heavy (non-hydrogen) atoms. The standard InChI is InChI=1S/C15H19N3O2S/c1-3-15(11-19-6-1)4-5-18(10-15)8-13-16-14(17-20-13)12-2-7-21-9-12/h2,7,9H,1,3-6,8,10-11H2. The molecule has 2 aromatic heterocycles. The van der Waals surface area contributed by atoms with Gasteiger partial charge in [-0.1, -0.05) is 5.16 Å². The summed E-state index contributed by atoms with van der Waals surface area (Å²) in [4.78, 5) is 6.92. The summed E-state index contributed by atoms with van der Waals surface area (Å²) in [5, 5.41) is 8.14. The van der Waals surface area contributed by atoms with Crippen molar-refractivity contribution in [3.8, 4) is 11.4 Å². The van der Waals surface area contributed by atoms with E-state index in [2.05, 4.69) is 15.0 Å². The van der Waals surface area contributed by atoms with Crippen LogP contribution >= 0.6 is 11.3 Å². The quantitative estimate of drug-likeness (QED) is 0.873. The summed E-state index contributed by atoms with van der Waals surface area (Å²) in [5.74, 6) is 1.41. The van der Waals surface area contributed by atoms with Crippen molar-refractivity contribution in [1.82, 2.24) is 15.0 Å². The monoisotopic (exact) mass is 305 g/mol. The lowest BCUT2D eigenvalue weighted by molar-refractivity contribution is -0.00288. The van der Waals surface area contributed by atoms with Gasteiger partial charge in [-0.3, -0.25) is 4.90 Å². The summed E-state index contributed by atoms with van der Waals surface area (Å²) >= 11 is 1.65. The van der Waals surface area contributed by atoms with Gasteiger partial charge in [-0.05, 0) is 37.3 Å². The highest BCUT2D eigenvalue weighted by Gasteiger charge is 2.39. The second-order valence-corrected chi connectivity index (χ2v) is 6.92. The molecule has 1 atom stereocenters. The third kappa shape index (κ3) is 2.75. The first kappa shape index (κ1) is 13.4. The van der Waals surface area contributed by atoms with Gasteiger partial charge < -0.3 is 9.26 Å². The van der Waals surface area contributed by atoms with E-state index in [0.29, 0.717) is 17.1 Å². The maximum absolute atomic E-state index is 5.68. The fourth-order valence-corrected chi connectivity index (χ4v) is 4.05. The van der Waals surface area contributed by atoms with Crippen LogP contribution in [0.25, 0.3) is 11.4 Å². The normalized spacial score (nSPS) is 26.7. The van der Waals surface area contributed by atoms with Crippen LogP contribution in [-0.4, -0.2) is 41.3 Å². The van der Waals surface area contributed by atoms with E-state index in [0.717, 1.165) is 38.4 Å². The minimum absolute atomic E-state index is 0.370. The average molecular weight is 305 g/mol. The van der Waals surface area contributed by atoms with Crippen molar-refractivity contribution < 1.29 is 9.26 Å². The van der Waals surface area contributed by atoms with Crippen molar-refractivity contribution in [2.24, 2.45) is 5.41 Å². The Kier molecular flexibility index (Phi) is 3.52. The molecule has 0 aliphatic carbocycles. The van der Waals surface area contributed by atoms with Gasteiger partial charge in [-0.15, -0.1) is 0 Å². The smallest absolute Gasteiger partial charge is 0.241 e. The Balaban J connectivity index is 1.41. The van der Waals surface area contributed by atoms with E-state index in [1.54, 1.807) is 11.3 Å². The lowest BCUT2D eigenvalue weighted by Gasteiger charge is -2.33. The molecule has 0 aromatic carbocycles. The van der Waals surface area contributed by atoms with Crippen molar-refractivity contribution in [1.29, 1.82) is 0 Å². The number of aromatic nitrogens is 2. The fourth-order valence-electron chi connectivity index (χ4n) is 3.41. The van der Waals surface area contributed by atoms with Gasteiger partial charge in [0.1, 0.15) is 0 Å². The molecule has 2 saturated heterocycles. The molecule has 2 fully saturated rings. The summed E-state index contributed by atoms with van der Waals surface area (Å²) in [6.07, 6.45) is 3.70. The Hall–Kier alpha value is -1.24. The molecule has 6 heteroatoms. The van der Waals surface area contributed by atoms with Crippen LogP contribution in [0, 0.1) is 5.41 Å². The predicted molar refractivity (Wildman–Crippen MR) is 80.0 cm³/mol. The Morgan fingerprint density at radius 1 is 1.38 bits per heavy atom. The lowest BCUT2D eigenvalue weighted by atomic mass is 9.82. The summed E-state index contributed by atoms with van der Waals surface area (Å²) in [5.41, 5.74) is 1.41. The zero-order valence-corrected chi connectivity index (χ0v) is 12.8. The van der Waals surface area contributed by atoms with Crippen LogP contribution in [0.5, 0.6) is 0 Å². The van der Waals surface area contributed by atoms with E-state index >= 15 is 0 Å². The Morgan fingerprint density at radius 3 is 3.19 bits per heavy atom. The van der Waals surface area contributed by atoms with E-state index in [1.165, 1.54) is 19.3 Å². The molecular weight excluding hydrogens is 286 g/mol. The maximum atomic E-state index is 5.68. The first-order valence-electron chi connectivity index (χ1n) is 7.48. The number of hydrogen-bond acceptors (Lipinski definition) is 6. The number of nitrogens with zero attached hydrogens (tertiary/aromatic N) is 3. The molecule has 0 amide bonds. The molecule has 4 heterocycles. The van der Waals surface area contributed by atoms with Crippen LogP contribution in [0.1, 0.15) is 25.2 Å². The minimum atomic E-state index is 0.370. The molecule has 1 spiro atoms. The molecule has 1 unspecified atom stereocenters. The fraction of sp³-hybridized carbons (Fsp3) is 0.600. The molecule has 0 N–H and O–H groups in total. The van der Waals surface area contributed by atoms with Gasteiger partial charge in [-0.2, -0.15) is 16.3 Å². The second-order valence-electron chi connectivity index (χ2n) is 6.14. The molecule has 2 aliphatic heterocycles. The van der Waals surface area contributed by atoms with Crippen molar-refractivity contribution in [3.63, 3.8) is 0 Å². The van der Waals surface area contributed by atoms with Crippen LogP contribution in [-0.2, 0) is 11.3 Å². The van der Waals surface area contributed by atoms with Crippen LogP contribution < -0.4 is 0 Å². The summed E-state index contributed by atoms with van der Waals surface area (Å²) in [7, 11) is 0. The molecule has 0 saturated carbocycles. The molecule has 2 aromatic rings. The molecular formula is C15H19N3O2S. The van der Waals surface area contributed by atoms with Crippen LogP contribution in [0.3, 0.4) is 0 Å². The largest absolute Gasteiger partial charge is 0.381 e. The predicted octanol–water partition coefficient (Wildman–Crippen LogP) is 2.80. The average Bonchev–Trinajstić information content (AvgIpc) is 3.22. The van der Waals surface area contributed by atoms with E-state index in [-0.39, 0.29) is 0 Å².